The van der Waals surface area contributed by atoms with Crippen molar-refractivity contribution in [1.29, 1.82) is 0 Å². The van der Waals surface area contributed by atoms with Gasteiger partial charge in [0.2, 0.25) is 0 Å². The van der Waals surface area contributed by atoms with Gasteiger partial charge < -0.3 is 0 Å². The van der Waals surface area contributed by atoms with E-state index in [0.717, 1.165) is 25.9 Å². The molecule has 18 heavy (non-hydrogen) atoms. The van der Waals surface area contributed by atoms with Gasteiger partial charge in [-0.1, -0.05) is 0 Å². The van der Waals surface area contributed by atoms with Crippen molar-refractivity contribution in [2.45, 2.75) is 12.8 Å². The molecule has 2 rings (SSSR count). The molecule has 5 nitrogen and oxygen atoms in total. The van der Waals surface area contributed by atoms with Crippen LogP contribution in [0.5, 0.6) is 0 Å². The summed E-state index contributed by atoms with van der Waals surface area (Å²) >= 11 is 2.81. The fourth-order valence-corrected chi connectivity index (χ4v) is 2.55. The van der Waals surface area contributed by atoms with Crippen LogP contribution in [0.3, 0.4) is 0 Å². The zero-order valence-corrected chi connectivity index (χ0v) is 11.4. The summed E-state index contributed by atoms with van der Waals surface area (Å²) in [6, 6.07) is 5.69. The molecule has 1 aliphatic rings. The quantitative estimate of drug-likeness (QED) is 0.362. The standard InChI is InChI=1S/C12H12N2O3Se/c15-11(12(18)13-7-1-2-8-13)9-3-5-10(6-4-9)14(16)17/h3-6H,1-2,7-8H2. The summed E-state index contributed by atoms with van der Waals surface area (Å²) in [5.41, 5.74) is 0.468. The van der Waals surface area contributed by atoms with Crippen LogP contribution in [-0.2, 0) is 0 Å². The molecule has 1 aliphatic heterocycles. The number of nitro groups is 1. The Morgan fingerprint density at radius 2 is 1.78 bits per heavy atom. The molecule has 1 aromatic carbocycles. The van der Waals surface area contributed by atoms with Crippen LogP contribution in [0.2, 0.25) is 0 Å². The molecule has 0 spiro atoms. The summed E-state index contributed by atoms with van der Waals surface area (Å²) in [6.07, 6.45) is 2.19. The maximum absolute atomic E-state index is 12.1. The van der Waals surface area contributed by atoms with E-state index in [4.69, 9.17) is 0 Å². The van der Waals surface area contributed by atoms with Gasteiger partial charge in [-0.05, 0) is 0 Å². The Labute approximate surface area is 112 Å². The third-order valence-electron chi connectivity index (χ3n) is 2.93. The van der Waals surface area contributed by atoms with Crippen LogP contribution < -0.4 is 0 Å². The van der Waals surface area contributed by atoms with Gasteiger partial charge in [0.1, 0.15) is 0 Å². The van der Waals surface area contributed by atoms with E-state index in [1.165, 1.54) is 24.3 Å². The first-order valence-electron chi connectivity index (χ1n) is 5.67. The van der Waals surface area contributed by atoms with Crippen LogP contribution >= 0.6 is 0 Å². The van der Waals surface area contributed by atoms with Gasteiger partial charge in [0.05, 0.1) is 0 Å². The first-order valence-corrected chi connectivity index (χ1v) is 6.53. The number of hydrogen-bond acceptors (Lipinski definition) is 4. The van der Waals surface area contributed by atoms with Crippen LogP contribution in [0.1, 0.15) is 23.2 Å². The van der Waals surface area contributed by atoms with Crippen LogP contribution in [0.4, 0.5) is 5.69 Å². The summed E-state index contributed by atoms with van der Waals surface area (Å²) in [4.78, 5) is 24.2. The Morgan fingerprint density at radius 1 is 1.22 bits per heavy atom. The molecule has 0 aliphatic carbocycles. The van der Waals surface area contributed by atoms with Crippen LogP contribution in [0, 0.1) is 10.1 Å². The van der Waals surface area contributed by atoms with Crippen LogP contribution in [0.25, 0.3) is 0 Å². The first-order chi connectivity index (χ1) is 8.59. The van der Waals surface area contributed by atoms with E-state index >= 15 is 0 Å². The van der Waals surface area contributed by atoms with Crippen molar-refractivity contribution in [3.63, 3.8) is 0 Å². The number of hydrogen-bond donors (Lipinski definition) is 0. The number of rotatable bonds is 4. The number of carbonyl (C=O) groups excluding carboxylic acids is 1. The molecule has 1 saturated heterocycles. The number of ketones is 1. The zero-order valence-electron chi connectivity index (χ0n) is 9.67. The average molecular weight is 311 g/mol. The van der Waals surface area contributed by atoms with Gasteiger partial charge in [-0.25, -0.2) is 0 Å². The van der Waals surface area contributed by atoms with Crippen molar-refractivity contribution in [2.75, 3.05) is 13.1 Å². The second kappa shape index (κ2) is 5.42. The topological polar surface area (TPSA) is 63.5 Å². The molecule has 1 aromatic rings. The molecule has 94 valence electrons. The van der Waals surface area contributed by atoms with E-state index in [1.807, 2.05) is 4.90 Å². The Bertz CT molecular complexity index is 493. The van der Waals surface area contributed by atoms with E-state index < -0.39 is 4.92 Å². The maximum atomic E-state index is 12.1. The fraction of sp³-hybridized carbons (Fsp3) is 0.333. The van der Waals surface area contributed by atoms with Crippen molar-refractivity contribution in [2.24, 2.45) is 0 Å². The molecular weight excluding hydrogens is 299 g/mol. The summed E-state index contributed by atoms with van der Waals surface area (Å²) in [6.45, 7) is 1.78. The number of nitrogens with zero attached hydrogens (tertiary/aromatic N) is 2. The molecule has 0 saturated carbocycles. The first kappa shape index (κ1) is 12.9. The molecular formula is C12H12N2O3Se. The average Bonchev–Trinajstić information content (AvgIpc) is 2.91. The predicted molar refractivity (Wildman–Crippen MR) is 69.0 cm³/mol. The number of Topliss-reactive ketones (excluding diaryl/α,β-unsaturated/α-hetero) is 1. The van der Waals surface area contributed by atoms with Gasteiger partial charge in [-0.2, -0.15) is 0 Å². The SMILES string of the molecule is O=C(C(=[Se])N1CCCC1)c1ccc([N+](=O)[O-])cc1. The Hall–Kier alpha value is -1.52. The zero-order chi connectivity index (χ0) is 13.1. The summed E-state index contributed by atoms with van der Waals surface area (Å²) < 4.78 is 0.598. The van der Waals surface area contributed by atoms with E-state index in [1.54, 1.807) is 0 Å². The summed E-state index contributed by atoms with van der Waals surface area (Å²) in [5.74, 6) is -0.105. The molecule has 1 heterocycles. The second-order valence-corrected chi connectivity index (χ2v) is 4.94. The predicted octanol–water partition coefficient (Wildman–Crippen LogP) is 1.17. The van der Waals surface area contributed by atoms with Gasteiger partial charge in [0, 0.05) is 0 Å². The van der Waals surface area contributed by atoms with Gasteiger partial charge in [-0.15, -0.1) is 0 Å². The third-order valence-corrected chi connectivity index (χ3v) is 3.86. The molecule has 0 N–H and O–H groups in total. The summed E-state index contributed by atoms with van der Waals surface area (Å²) in [7, 11) is 0. The molecule has 0 radical (unpaired) electrons. The van der Waals surface area contributed by atoms with Crippen LogP contribution in [0.15, 0.2) is 24.3 Å². The van der Waals surface area contributed by atoms with Crippen molar-refractivity contribution in [3.05, 3.63) is 39.9 Å². The number of nitro benzene ring substituents is 1. The molecule has 0 atom stereocenters. The van der Waals surface area contributed by atoms with Crippen molar-refractivity contribution in [1.82, 2.24) is 4.90 Å². The van der Waals surface area contributed by atoms with Gasteiger partial charge >= 0.3 is 112 Å². The van der Waals surface area contributed by atoms with E-state index in [2.05, 4.69) is 15.6 Å². The van der Waals surface area contributed by atoms with Gasteiger partial charge in [-0.3, -0.25) is 0 Å². The van der Waals surface area contributed by atoms with Gasteiger partial charge in [0.15, 0.2) is 0 Å². The minimum atomic E-state index is -0.475. The van der Waals surface area contributed by atoms with Gasteiger partial charge in [0.25, 0.3) is 0 Å². The van der Waals surface area contributed by atoms with E-state index in [-0.39, 0.29) is 11.5 Å². The normalized spacial score (nSPS) is 14.6. The molecule has 0 aromatic heterocycles. The molecule has 0 unspecified atom stereocenters. The molecule has 0 amide bonds. The monoisotopic (exact) mass is 312 g/mol. The number of likely N-dealkylation sites (tertiary alicyclic amines) is 1. The number of benzene rings is 1. The number of non-ortho nitro benzene ring substituents is 1. The fourth-order valence-electron chi connectivity index (χ4n) is 1.92. The number of carbonyl (C=O) groups is 1. The second-order valence-electron chi connectivity index (χ2n) is 4.13. The summed E-state index contributed by atoms with van der Waals surface area (Å²) in [5, 5.41) is 10.5. The Balaban J connectivity index is 2.13. The van der Waals surface area contributed by atoms with E-state index in [0.29, 0.717) is 10.1 Å². The Kier molecular flexibility index (Phi) is 3.89. The molecule has 0 bridgehead atoms. The Morgan fingerprint density at radius 3 is 2.28 bits per heavy atom. The van der Waals surface area contributed by atoms with Crippen molar-refractivity contribution >= 4 is 31.6 Å². The van der Waals surface area contributed by atoms with Crippen molar-refractivity contribution in [3.8, 4) is 0 Å². The van der Waals surface area contributed by atoms with E-state index in [9.17, 15) is 14.9 Å². The molecule has 1 fully saturated rings. The minimum absolute atomic E-state index is 0.00523. The van der Waals surface area contributed by atoms with Crippen LogP contribution in [-0.4, -0.2) is 48.8 Å². The molecule has 6 heteroatoms. The third kappa shape index (κ3) is 2.65. The van der Waals surface area contributed by atoms with Crippen molar-refractivity contribution < 1.29 is 9.72 Å².